The zero-order valence-corrected chi connectivity index (χ0v) is 13.0. The highest BCUT2D eigenvalue weighted by Gasteiger charge is 2.28. The maximum Gasteiger partial charge on any atom is 0.243 e. The van der Waals surface area contributed by atoms with Crippen molar-refractivity contribution in [3.63, 3.8) is 0 Å². The second-order valence-electron chi connectivity index (χ2n) is 6.26. The summed E-state index contributed by atoms with van der Waals surface area (Å²) in [5.74, 6) is 0. The fourth-order valence-corrected chi connectivity index (χ4v) is 3.68. The van der Waals surface area contributed by atoms with Crippen LogP contribution in [0, 0.1) is 0 Å². The first kappa shape index (κ1) is 15.5. The van der Waals surface area contributed by atoms with Crippen LogP contribution < -0.4 is 4.72 Å². The second kappa shape index (κ2) is 5.83. The maximum atomic E-state index is 12.1. The highest BCUT2D eigenvalue weighted by Crippen LogP contribution is 2.26. The molecule has 20 heavy (non-hydrogen) atoms. The predicted octanol–water partition coefficient (Wildman–Crippen LogP) is 1.81. The molecule has 0 radical (unpaired) electrons. The highest BCUT2D eigenvalue weighted by molar-refractivity contribution is 7.89. The van der Waals surface area contributed by atoms with E-state index in [1.807, 2.05) is 20.8 Å². The summed E-state index contributed by atoms with van der Waals surface area (Å²) in [4.78, 5) is 0.186. The van der Waals surface area contributed by atoms with Gasteiger partial charge in [-0.1, -0.05) is 0 Å². The summed E-state index contributed by atoms with van der Waals surface area (Å²) in [5.41, 5.74) is -0.145. The van der Waals surface area contributed by atoms with E-state index in [2.05, 4.69) is 14.9 Å². The molecule has 0 spiro atoms. The number of sulfonamides is 1. The Morgan fingerprint density at radius 1 is 1.30 bits per heavy atom. The van der Waals surface area contributed by atoms with Crippen molar-refractivity contribution in [2.75, 3.05) is 0 Å². The Hall–Kier alpha value is -0.920. The van der Waals surface area contributed by atoms with Crippen LogP contribution >= 0.6 is 0 Å². The van der Waals surface area contributed by atoms with E-state index in [-0.39, 0.29) is 22.6 Å². The average molecular weight is 301 g/mol. The summed E-state index contributed by atoms with van der Waals surface area (Å²) in [5, 5.41) is 6.19. The van der Waals surface area contributed by atoms with Crippen molar-refractivity contribution in [2.45, 2.75) is 69.1 Å². The molecule has 0 aromatic carbocycles. The van der Waals surface area contributed by atoms with Crippen LogP contribution in [0.4, 0.5) is 0 Å². The Kier molecular flexibility index (Phi) is 4.51. The van der Waals surface area contributed by atoms with Gasteiger partial charge in [0.25, 0.3) is 0 Å². The van der Waals surface area contributed by atoms with Gasteiger partial charge in [-0.15, -0.1) is 0 Å². The summed E-state index contributed by atoms with van der Waals surface area (Å²) in [7, 11) is -3.45. The number of aromatic amines is 1. The molecule has 0 aliphatic heterocycles. The first-order valence-corrected chi connectivity index (χ1v) is 8.43. The molecular weight excluding hydrogens is 278 g/mol. The van der Waals surface area contributed by atoms with E-state index in [9.17, 15) is 8.42 Å². The summed E-state index contributed by atoms with van der Waals surface area (Å²) in [6.45, 7) is 6.13. The Morgan fingerprint density at radius 2 is 1.95 bits per heavy atom. The van der Waals surface area contributed by atoms with Gasteiger partial charge in [-0.3, -0.25) is 5.10 Å². The fourth-order valence-electron chi connectivity index (χ4n) is 2.47. The first-order chi connectivity index (χ1) is 9.26. The highest BCUT2D eigenvalue weighted by atomic mass is 32.2. The van der Waals surface area contributed by atoms with Crippen LogP contribution in [0.15, 0.2) is 17.3 Å². The zero-order chi connectivity index (χ0) is 14.8. The van der Waals surface area contributed by atoms with E-state index in [1.165, 1.54) is 12.4 Å². The molecule has 6 nitrogen and oxygen atoms in total. The number of hydrogen-bond donors (Lipinski definition) is 2. The lowest BCUT2D eigenvalue weighted by molar-refractivity contribution is -0.0753. The number of hydrogen-bond acceptors (Lipinski definition) is 4. The molecule has 1 fully saturated rings. The second-order valence-corrected chi connectivity index (χ2v) is 7.97. The van der Waals surface area contributed by atoms with Crippen LogP contribution in [0.2, 0.25) is 0 Å². The number of aromatic nitrogens is 2. The monoisotopic (exact) mass is 301 g/mol. The quantitative estimate of drug-likeness (QED) is 0.888. The number of nitrogens with one attached hydrogen (secondary N) is 2. The molecule has 0 saturated heterocycles. The van der Waals surface area contributed by atoms with Crippen LogP contribution in [0.5, 0.6) is 0 Å². The zero-order valence-electron chi connectivity index (χ0n) is 12.2. The van der Waals surface area contributed by atoms with Crippen LogP contribution in [0.3, 0.4) is 0 Å². The molecule has 1 heterocycles. The molecular formula is C13H23N3O3S. The van der Waals surface area contributed by atoms with Crippen molar-refractivity contribution in [3.05, 3.63) is 12.4 Å². The third-order valence-electron chi connectivity index (χ3n) is 3.30. The van der Waals surface area contributed by atoms with Crippen molar-refractivity contribution in [3.8, 4) is 0 Å². The Morgan fingerprint density at radius 3 is 2.45 bits per heavy atom. The van der Waals surface area contributed by atoms with Gasteiger partial charge in [0.15, 0.2) is 0 Å². The van der Waals surface area contributed by atoms with E-state index >= 15 is 0 Å². The predicted molar refractivity (Wildman–Crippen MR) is 75.8 cm³/mol. The molecule has 2 N–H and O–H groups in total. The van der Waals surface area contributed by atoms with Crippen molar-refractivity contribution in [1.29, 1.82) is 0 Å². The van der Waals surface area contributed by atoms with Crippen LogP contribution in [-0.4, -0.2) is 36.4 Å². The Bertz CT molecular complexity index is 512. The van der Waals surface area contributed by atoms with Crippen molar-refractivity contribution >= 4 is 10.0 Å². The number of nitrogens with zero attached hydrogens (tertiary/aromatic N) is 1. The lowest BCUT2D eigenvalue weighted by atomic mass is 9.93. The molecule has 1 aromatic rings. The van der Waals surface area contributed by atoms with E-state index in [1.54, 1.807) is 0 Å². The molecule has 0 bridgehead atoms. The van der Waals surface area contributed by atoms with Crippen LogP contribution in [0.25, 0.3) is 0 Å². The molecule has 0 atom stereocenters. The summed E-state index contributed by atoms with van der Waals surface area (Å²) in [6.07, 6.45) is 6.30. The number of ether oxygens (including phenoxy) is 1. The lowest BCUT2D eigenvalue weighted by Crippen LogP contribution is -2.40. The third kappa shape index (κ3) is 4.29. The molecule has 1 aromatic heterocycles. The number of H-pyrrole nitrogens is 1. The minimum Gasteiger partial charge on any atom is -0.373 e. The lowest BCUT2D eigenvalue weighted by Gasteiger charge is -2.33. The van der Waals surface area contributed by atoms with E-state index in [0.717, 1.165) is 25.7 Å². The van der Waals surface area contributed by atoms with Crippen LogP contribution in [-0.2, 0) is 14.8 Å². The first-order valence-electron chi connectivity index (χ1n) is 6.95. The SMILES string of the molecule is CC(C)(C)OC1CCC(NS(=O)(=O)c2cn[nH]c2)CC1. The van der Waals surface area contributed by atoms with Crippen molar-refractivity contribution in [2.24, 2.45) is 0 Å². The molecule has 2 rings (SSSR count). The summed E-state index contributed by atoms with van der Waals surface area (Å²) < 4.78 is 32.8. The molecule has 1 saturated carbocycles. The summed E-state index contributed by atoms with van der Waals surface area (Å²) >= 11 is 0. The third-order valence-corrected chi connectivity index (χ3v) is 4.79. The standard InChI is InChI=1S/C13H23N3O3S/c1-13(2,3)19-11-6-4-10(5-7-11)16-20(17,18)12-8-14-15-9-12/h8-11,16H,4-7H2,1-3H3,(H,14,15). The normalized spacial score (nSPS) is 24.8. The Balaban J connectivity index is 1.86. The van der Waals surface area contributed by atoms with E-state index < -0.39 is 10.0 Å². The van der Waals surface area contributed by atoms with Crippen molar-refractivity contribution < 1.29 is 13.2 Å². The van der Waals surface area contributed by atoms with Gasteiger partial charge in [0, 0.05) is 12.2 Å². The van der Waals surface area contributed by atoms with Gasteiger partial charge in [-0.25, -0.2) is 13.1 Å². The maximum absolute atomic E-state index is 12.1. The van der Waals surface area contributed by atoms with Gasteiger partial charge in [0.1, 0.15) is 4.90 Å². The fraction of sp³-hybridized carbons (Fsp3) is 0.769. The Labute approximate surface area is 120 Å². The smallest absolute Gasteiger partial charge is 0.243 e. The molecule has 0 amide bonds. The van der Waals surface area contributed by atoms with Crippen molar-refractivity contribution in [1.82, 2.24) is 14.9 Å². The van der Waals surface area contributed by atoms with Gasteiger partial charge >= 0.3 is 0 Å². The molecule has 1 aliphatic carbocycles. The molecule has 114 valence electrons. The average Bonchev–Trinajstić information content (AvgIpc) is 2.84. The minimum absolute atomic E-state index is 0.0188. The van der Waals surface area contributed by atoms with Gasteiger partial charge in [-0.2, -0.15) is 5.10 Å². The minimum atomic E-state index is -3.45. The molecule has 7 heteroatoms. The molecule has 0 unspecified atom stereocenters. The van der Waals surface area contributed by atoms with Gasteiger partial charge in [0.05, 0.1) is 17.9 Å². The number of rotatable bonds is 4. The van der Waals surface area contributed by atoms with Gasteiger partial charge < -0.3 is 4.74 Å². The van der Waals surface area contributed by atoms with E-state index in [4.69, 9.17) is 4.74 Å². The van der Waals surface area contributed by atoms with Crippen LogP contribution in [0.1, 0.15) is 46.5 Å². The van der Waals surface area contributed by atoms with Gasteiger partial charge in [0.2, 0.25) is 10.0 Å². The largest absolute Gasteiger partial charge is 0.373 e. The molecule has 1 aliphatic rings. The van der Waals surface area contributed by atoms with E-state index in [0.29, 0.717) is 0 Å². The topological polar surface area (TPSA) is 84.1 Å². The summed E-state index contributed by atoms with van der Waals surface area (Å²) in [6, 6.07) is -0.0188. The van der Waals surface area contributed by atoms with Gasteiger partial charge in [-0.05, 0) is 46.5 Å².